The molecule has 0 amide bonds. The fourth-order valence-corrected chi connectivity index (χ4v) is 0.906. The quantitative estimate of drug-likeness (QED) is 0.601. The van der Waals surface area contributed by atoms with Crippen LogP contribution >= 0.6 is 0 Å². The van der Waals surface area contributed by atoms with Crippen molar-refractivity contribution in [2.24, 2.45) is 0 Å². The zero-order chi connectivity index (χ0) is 8.69. The second-order valence-corrected chi connectivity index (χ2v) is 2.75. The number of unbranched alkanes of at least 4 members (excludes halogenated alkanes) is 3. The van der Waals surface area contributed by atoms with Crippen LogP contribution in [0.5, 0.6) is 0 Å². The van der Waals surface area contributed by atoms with Crippen LogP contribution in [0.4, 0.5) is 8.78 Å². The molecule has 0 unspecified atom stereocenters. The van der Waals surface area contributed by atoms with Gasteiger partial charge in [0.2, 0.25) is 0 Å². The number of aliphatic hydroxyl groups is 1. The van der Waals surface area contributed by atoms with Gasteiger partial charge in [-0.2, -0.15) is 0 Å². The first kappa shape index (κ1) is 10.8. The number of aliphatic hydroxyl groups excluding tert-OH is 1. The van der Waals surface area contributed by atoms with E-state index in [1.807, 2.05) is 0 Å². The van der Waals surface area contributed by atoms with E-state index < -0.39 is 12.5 Å². The summed E-state index contributed by atoms with van der Waals surface area (Å²) in [6, 6.07) is 0. The van der Waals surface area contributed by atoms with Crippen LogP contribution in [0.15, 0.2) is 0 Å². The highest BCUT2D eigenvalue weighted by Crippen LogP contribution is 2.10. The van der Waals surface area contributed by atoms with E-state index in [4.69, 9.17) is 5.11 Å². The number of rotatable bonds is 6. The maximum absolute atomic E-state index is 11.7. The first-order valence-corrected chi connectivity index (χ1v) is 4.14. The fraction of sp³-hybridized carbons (Fsp3) is 1.00. The second-order valence-electron chi connectivity index (χ2n) is 2.75. The smallest absolute Gasteiger partial charge is 0.264 e. The third-order valence-corrected chi connectivity index (χ3v) is 1.64. The van der Waals surface area contributed by atoms with Crippen LogP contribution in [0.1, 0.15) is 39.0 Å². The lowest BCUT2D eigenvalue weighted by Gasteiger charge is -2.07. The van der Waals surface area contributed by atoms with E-state index in [-0.39, 0.29) is 6.42 Å². The Morgan fingerprint density at radius 2 is 1.82 bits per heavy atom. The average Bonchev–Trinajstić information content (AvgIpc) is 1.97. The molecule has 0 bridgehead atoms. The predicted molar refractivity (Wildman–Crippen MR) is 40.8 cm³/mol. The molecule has 1 atom stereocenters. The molecule has 68 valence electrons. The van der Waals surface area contributed by atoms with Crippen molar-refractivity contribution >= 4 is 0 Å². The van der Waals surface area contributed by atoms with Crippen LogP contribution in [-0.2, 0) is 0 Å². The average molecular weight is 166 g/mol. The summed E-state index contributed by atoms with van der Waals surface area (Å²) in [5.41, 5.74) is 0. The zero-order valence-corrected chi connectivity index (χ0v) is 6.89. The second kappa shape index (κ2) is 6.53. The van der Waals surface area contributed by atoms with Gasteiger partial charge in [0.1, 0.15) is 6.10 Å². The molecule has 11 heavy (non-hydrogen) atoms. The molecule has 0 aromatic heterocycles. The Balaban J connectivity index is 3.10. The van der Waals surface area contributed by atoms with Gasteiger partial charge in [-0.25, -0.2) is 8.78 Å². The van der Waals surface area contributed by atoms with Gasteiger partial charge in [0.15, 0.2) is 0 Å². The highest BCUT2D eigenvalue weighted by Gasteiger charge is 2.15. The number of alkyl halides is 2. The Morgan fingerprint density at radius 3 is 2.27 bits per heavy atom. The Labute approximate surface area is 66.4 Å². The Morgan fingerprint density at radius 1 is 1.18 bits per heavy atom. The molecule has 0 saturated heterocycles. The first-order valence-electron chi connectivity index (χ1n) is 4.14. The minimum atomic E-state index is -2.57. The van der Waals surface area contributed by atoms with E-state index in [9.17, 15) is 8.78 Å². The van der Waals surface area contributed by atoms with E-state index in [1.54, 1.807) is 0 Å². The molecule has 0 aliphatic rings. The van der Waals surface area contributed by atoms with E-state index in [0.29, 0.717) is 6.42 Å². The summed E-state index contributed by atoms with van der Waals surface area (Å²) in [5.74, 6) is 0. The van der Waals surface area contributed by atoms with Crippen LogP contribution < -0.4 is 0 Å². The largest absolute Gasteiger partial charge is 0.387 e. The molecule has 0 aliphatic heterocycles. The molecule has 0 radical (unpaired) electrons. The summed E-state index contributed by atoms with van der Waals surface area (Å²) in [7, 11) is 0. The molecule has 1 nitrogen and oxygen atoms in total. The van der Waals surface area contributed by atoms with Crippen molar-refractivity contribution in [3.05, 3.63) is 0 Å². The molecule has 0 spiro atoms. The zero-order valence-electron chi connectivity index (χ0n) is 6.89. The molecular weight excluding hydrogens is 150 g/mol. The van der Waals surface area contributed by atoms with Gasteiger partial charge in [0, 0.05) is 0 Å². The van der Waals surface area contributed by atoms with Crippen molar-refractivity contribution in [3.63, 3.8) is 0 Å². The Bertz CT molecular complexity index is 86.2. The van der Waals surface area contributed by atoms with Crippen LogP contribution in [0.2, 0.25) is 0 Å². The van der Waals surface area contributed by atoms with E-state index in [1.165, 1.54) is 0 Å². The van der Waals surface area contributed by atoms with Crippen LogP contribution in [0, 0.1) is 0 Å². The molecular formula is C8H16F2O. The van der Waals surface area contributed by atoms with Crippen molar-refractivity contribution in [1.82, 2.24) is 0 Å². The number of hydrogen-bond donors (Lipinski definition) is 1. The normalized spacial score (nSPS) is 13.9. The highest BCUT2D eigenvalue weighted by molar-refractivity contribution is 4.57. The number of hydrogen-bond acceptors (Lipinski definition) is 1. The lowest BCUT2D eigenvalue weighted by Crippen LogP contribution is -2.16. The predicted octanol–water partition coefficient (Wildman–Crippen LogP) is 2.58. The van der Waals surface area contributed by atoms with Gasteiger partial charge in [0.05, 0.1) is 0 Å². The molecule has 0 fully saturated rings. The molecule has 1 N–H and O–H groups in total. The standard InChI is InChI=1S/C8H16F2O/c1-2-3-4-5-6-7(11)8(9)10/h7-8,11H,2-6H2,1H3/t7-/m1/s1. The summed E-state index contributed by atoms with van der Waals surface area (Å²) >= 11 is 0. The summed E-state index contributed by atoms with van der Waals surface area (Å²) in [6.07, 6.45) is 0.0568. The van der Waals surface area contributed by atoms with Gasteiger partial charge in [-0.05, 0) is 6.42 Å². The lowest BCUT2D eigenvalue weighted by molar-refractivity contribution is -0.0100. The summed E-state index contributed by atoms with van der Waals surface area (Å²) in [4.78, 5) is 0. The Kier molecular flexibility index (Phi) is 6.42. The summed E-state index contributed by atoms with van der Waals surface area (Å²) < 4.78 is 23.4. The summed E-state index contributed by atoms with van der Waals surface area (Å²) in [5, 5.41) is 8.68. The van der Waals surface area contributed by atoms with Gasteiger partial charge in [-0.15, -0.1) is 0 Å². The van der Waals surface area contributed by atoms with Gasteiger partial charge in [-0.3, -0.25) is 0 Å². The molecule has 0 saturated carbocycles. The lowest BCUT2D eigenvalue weighted by atomic mass is 10.1. The molecule has 0 aliphatic carbocycles. The van der Waals surface area contributed by atoms with E-state index >= 15 is 0 Å². The van der Waals surface area contributed by atoms with Gasteiger partial charge in [0.25, 0.3) is 6.43 Å². The SMILES string of the molecule is CCCCCC[C@@H](O)C(F)F. The minimum Gasteiger partial charge on any atom is -0.387 e. The van der Waals surface area contributed by atoms with Crippen molar-refractivity contribution in [2.75, 3.05) is 0 Å². The van der Waals surface area contributed by atoms with Crippen molar-refractivity contribution in [1.29, 1.82) is 0 Å². The topological polar surface area (TPSA) is 20.2 Å². The highest BCUT2D eigenvalue weighted by atomic mass is 19.3. The molecule has 3 heteroatoms. The van der Waals surface area contributed by atoms with Crippen molar-refractivity contribution < 1.29 is 13.9 Å². The van der Waals surface area contributed by atoms with Gasteiger partial charge in [-0.1, -0.05) is 32.6 Å². The maximum atomic E-state index is 11.7. The third kappa shape index (κ3) is 6.23. The van der Waals surface area contributed by atoms with Gasteiger partial charge < -0.3 is 5.11 Å². The van der Waals surface area contributed by atoms with Crippen molar-refractivity contribution in [2.45, 2.75) is 51.6 Å². The van der Waals surface area contributed by atoms with Crippen LogP contribution in [-0.4, -0.2) is 17.6 Å². The van der Waals surface area contributed by atoms with E-state index in [0.717, 1.165) is 19.3 Å². The maximum Gasteiger partial charge on any atom is 0.264 e. The molecule has 0 rings (SSSR count). The minimum absolute atomic E-state index is 0.234. The molecule has 0 heterocycles. The van der Waals surface area contributed by atoms with Gasteiger partial charge >= 0.3 is 0 Å². The van der Waals surface area contributed by atoms with Crippen LogP contribution in [0.3, 0.4) is 0 Å². The third-order valence-electron chi connectivity index (χ3n) is 1.64. The van der Waals surface area contributed by atoms with Crippen molar-refractivity contribution in [3.8, 4) is 0 Å². The monoisotopic (exact) mass is 166 g/mol. The van der Waals surface area contributed by atoms with E-state index in [2.05, 4.69) is 6.92 Å². The summed E-state index contributed by atoms with van der Waals surface area (Å²) in [6.45, 7) is 2.06. The number of halogens is 2. The fourth-order valence-electron chi connectivity index (χ4n) is 0.906. The Hall–Kier alpha value is -0.180. The molecule has 0 aromatic carbocycles. The van der Waals surface area contributed by atoms with Crippen LogP contribution in [0.25, 0.3) is 0 Å². The molecule has 0 aromatic rings. The first-order chi connectivity index (χ1) is 5.18.